The van der Waals surface area contributed by atoms with Gasteiger partial charge in [-0.2, -0.15) is 0 Å². The smallest absolute Gasteiger partial charge is 0.0495 e. The summed E-state index contributed by atoms with van der Waals surface area (Å²) in [6.45, 7) is 2.19. The Morgan fingerprint density at radius 2 is 2.06 bits per heavy atom. The van der Waals surface area contributed by atoms with Crippen molar-refractivity contribution in [3.05, 3.63) is 35.9 Å². The van der Waals surface area contributed by atoms with E-state index in [0.717, 1.165) is 12.2 Å². The Kier molecular flexibility index (Phi) is 7.46. The van der Waals surface area contributed by atoms with Gasteiger partial charge in [-0.1, -0.05) is 77.3 Å². The summed E-state index contributed by atoms with van der Waals surface area (Å²) in [5.74, 6) is 4.19. The maximum Gasteiger partial charge on any atom is 0.0495 e. The number of rotatable bonds is 5. The van der Waals surface area contributed by atoms with Crippen LogP contribution in [0.4, 0.5) is 0 Å². The zero-order chi connectivity index (χ0) is 11.6. The fourth-order valence-corrected chi connectivity index (χ4v) is 2.57. The minimum atomic E-state index is 0.402. The van der Waals surface area contributed by atoms with E-state index in [4.69, 9.17) is 0 Å². The topological polar surface area (TPSA) is 0 Å². The van der Waals surface area contributed by atoms with Crippen LogP contribution in [0.3, 0.4) is 0 Å². The first-order valence-electron chi connectivity index (χ1n) is 5.63. The molecule has 0 nitrogen and oxygen atoms in total. The molecule has 1 rings (SSSR count). The highest BCUT2D eigenvalue weighted by Crippen LogP contribution is 2.26. The lowest BCUT2D eigenvalue weighted by Gasteiger charge is -2.06. The number of hydrogen-bond donors (Lipinski definition) is 0. The van der Waals surface area contributed by atoms with Gasteiger partial charge in [0.25, 0.3) is 0 Å². The lowest BCUT2D eigenvalue weighted by atomic mass is 10.2. The van der Waals surface area contributed by atoms with Crippen LogP contribution >= 0.6 is 27.7 Å². The third-order valence-electron chi connectivity index (χ3n) is 2.19. The lowest BCUT2D eigenvalue weighted by Crippen LogP contribution is -1.91. The molecule has 0 spiro atoms. The molecule has 1 aromatic carbocycles. The van der Waals surface area contributed by atoms with Gasteiger partial charge in [0.05, 0.1) is 0 Å². The molecule has 0 fully saturated rings. The molecule has 0 bridgehead atoms. The zero-order valence-electron chi connectivity index (χ0n) is 9.58. The molecule has 0 radical (unpaired) electrons. The summed E-state index contributed by atoms with van der Waals surface area (Å²) in [6.07, 6.45) is 3.47. The van der Waals surface area contributed by atoms with E-state index in [9.17, 15) is 0 Å². The molecular weight excluding hydrogens is 280 g/mol. The Morgan fingerprint density at radius 1 is 1.31 bits per heavy atom. The minimum Gasteiger partial charge on any atom is -0.0913 e. The van der Waals surface area contributed by atoms with Gasteiger partial charge in [-0.3, -0.25) is 0 Å². The van der Waals surface area contributed by atoms with Crippen molar-refractivity contribution in [1.82, 2.24) is 0 Å². The van der Waals surface area contributed by atoms with Gasteiger partial charge in [0.1, 0.15) is 0 Å². The molecule has 0 aliphatic heterocycles. The monoisotopic (exact) mass is 296 g/mol. The van der Waals surface area contributed by atoms with Crippen LogP contribution in [0.25, 0.3) is 0 Å². The van der Waals surface area contributed by atoms with Crippen LogP contribution in [-0.4, -0.2) is 5.75 Å². The molecule has 0 N–H and O–H groups in total. The molecule has 0 saturated carbocycles. The number of hydrogen-bond acceptors (Lipinski definition) is 1. The summed E-state index contributed by atoms with van der Waals surface area (Å²) in [6, 6.07) is 10.5. The molecule has 1 atom stereocenters. The number of thioether (sulfide) groups is 1. The van der Waals surface area contributed by atoms with Gasteiger partial charge in [-0.15, -0.1) is 0 Å². The van der Waals surface area contributed by atoms with E-state index in [1.54, 1.807) is 11.8 Å². The highest BCUT2D eigenvalue weighted by atomic mass is 79.9. The Balaban J connectivity index is 2.24. The van der Waals surface area contributed by atoms with E-state index in [1.165, 1.54) is 18.4 Å². The van der Waals surface area contributed by atoms with E-state index in [1.807, 2.05) is 6.07 Å². The van der Waals surface area contributed by atoms with Gasteiger partial charge in [0.2, 0.25) is 0 Å². The minimum absolute atomic E-state index is 0.402. The largest absolute Gasteiger partial charge is 0.0913 e. The molecular formula is C14H17BrS. The van der Waals surface area contributed by atoms with Gasteiger partial charge in [0.15, 0.2) is 0 Å². The van der Waals surface area contributed by atoms with Crippen LogP contribution in [0.5, 0.6) is 0 Å². The van der Waals surface area contributed by atoms with E-state index in [2.05, 4.69) is 58.3 Å². The molecule has 1 unspecified atom stereocenters. The maximum absolute atomic E-state index is 3.68. The molecule has 2 heteroatoms. The summed E-state index contributed by atoms with van der Waals surface area (Å²) in [4.78, 5) is 0.402. The SMILES string of the molecule is CCCCC#CSCC(Br)c1ccccc1. The highest BCUT2D eigenvalue weighted by molar-refractivity contribution is 9.09. The van der Waals surface area contributed by atoms with Crippen molar-refractivity contribution in [2.24, 2.45) is 0 Å². The fraction of sp³-hybridized carbons (Fsp3) is 0.429. The summed E-state index contributed by atoms with van der Waals surface area (Å²) in [5, 5.41) is 3.16. The predicted octanol–water partition coefficient (Wildman–Crippen LogP) is 5.01. The third kappa shape index (κ3) is 5.63. The van der Waals surface area contributed by atoms with E-state index >= 15 is 0 Å². The fourth-order valence-electron chi connectivity index (χ4n) is 1.24. The lowest BCUT2D eigenvalue weighted by molar-refractivity contribution is 0.828. The Hall–Kier alpha value is -0.390. The molecule has 1 aromatic rings. The maximum atomic E-state index is 3.68. The summed E-state index contributed by atoms with van der Waals surface area (Å²) < 4.78 is 0. The van der Waals surface area contributed by atoms with Crippen LogP contribution in [0, 0.1) is 11.2 Å². The zero-order valence-corrected chi connectivity index (χ0v) is 12.0. The van der Waals surface area contributed by atoms with E-state index in [-0.39, 0.29) is 0 Å². The molecule has 0 aliphatic rings. The normalized spacial score (nSPS) is 11.6. The second-order valence-electron chi connectivity index (χ2n) is 3.57. The van der Waals surface area contributed by atoms with E-state index in [0.29, 0.717) is 4.83 Å². The average molecular weight is 297 g/mol. The first kappa shape index (κ1) is 13.7. The van der Waals surface area contributed by atoms with Gasteiger partial charge < -0.3 is 0 Å². The average Bonchev–Trinajstić information content (AvgIpc) is 2.34. The second kappa shape index (κ2) is 8.73. The standard InChI is InChI=1S/C14H17BrS/c1-2-3-4-8-11-16-12-14(15)13-9-6-5-7-10-13/h5-7,9-10,14H,2-4,12H2,1H3. The Bertz CT molecular complexity index is 337. The molecule has 0 aliphatic carbocycles. The summed E-state index contributed by atoms with van der Waals surface area (Å²) >= 11 is 5.38. The van der Waals surface area contributed by atoms with Crippen LogP contribution in [0.2, 0.25) is 0 Å². The van der Waals surface area contributed by atoms with Crippen molar-refractivity contribution >= 4 is 27.7 Å². The summed E-state index contributed by atoms with van der Waals surface area (Å²) in [5.41, 5.74) is 1.32. The predicted molar refractivity (Wildman–Crippen MR) is 77.9 cm³/mol. The van der Waals surface area contributed by atoms with Gasteiger partial charge in [-0.05, 0) is 17.2 Å². The van der Waals surface area contributed by atoms with Gasteiger partial charge in [-0.25, -0.2) is 0 Å². The van der Waals surface area contributed by atoms with Crippen LogP contribution < -0.4 is 0 Å². The number of alkyl halides is 1. The molecule has 0 aromatic heterocycles. The van der Waals surface area contributed by atoms with Gasteiger partial charge in [0, 0.05) is 17.0 Å². The first-order valence-corrected chi connectivity index (χ1v) is 7.53. The molecule has 16 heavy (non-hydrogen) atoms. The van der Waals surface area contributed by atoms with Crippen molar-refractivity contribution in [3.8, 4) is 11.2 Å². The van der Waals surface area contributed by atoms with Gasteiger partial charge >= 0.3 is 0 Å². The van der Waals surface area contributed by atoms with E-state index < -0.39 is 0 Å². The molecule has 86 valence electrons. The Morgan fingerprint density at radius 3 is 2.75 bits per heavy atom. The highest BCUT2D eigenvalue weighted by Gasteiger charge is 2.05. The van der Waals surface area contributed by atoms with Crippen LogP contribution in [0.1, 0.15) is 36.6 Å². The van der Waals surface area contributed by atoms with Crippen LogP contribution in [-0.2, 0) is 0 Å². The van der Waals surface area contributed by atoms with Crippen molar-refractivity contribution < 1.29 is 0 Å². The molecule has 0 heterocycles. The Labute approximate surface area is 111 Å². The second-order valence-corrected chi connectivity index (χ2v) is 5.50. The number of unbranched alkanes of at least 4 members (excludes halogenated alkanes) is 2. The van der Waals surface area contributed by atoms with Crippen molar-refractivity contribution in [2.45, 2.75) is 31.0 Å². The number of benzene rings is 1. The third-order valence-corrected chi connectivity index (χ3v) is 4.26. The van der Waals surface area contributed by atoms with Crippen molar-refractivity contribution in [1.29, 1.82) is 0 Å². The first-order chi connectivity index (χ1) is 7.84. The quantitative estimate of drug-likeness (QED) is 0.418. The summed E-state index contributed by atoms with van der Waals surface area (Å²) in [7, 11) is 0. The van der Waals surface area contributed by atoms with Crippen molar-refractivity contribution in [2.75, 3.05) is 5.75 Å². The van der Waals surface area contributed by atoms with Crippen molar-refractivity contribution in [3.63, 3.8) is 0 Å². The van der Waals surface area contributed by atoms with Crippen LogP contribution in [0.15, 0.2) is 30.3 Å². The molecule has 0 saturated heterocycles. The molecule has 0 amide bonds. The number of halogens is 1.